The lowest BCUT2D eigenvalue weighted by Crippen LogP contribution is -2.43. The lowest BCUT2D eigenvalue weighted by atomic mass is 10.0. The molecule has 0 radical (unpaired) electrons. The molecule has 3 aromatic heterocycles. The van der Waals surface area contributed by atoms with E-state index < -0.39 is 0 Å². The van der Waals surface area contributed by atoms with Crippen LogP contribution >= 0.6 is 11.3 Å². The Bertz CT molecular complexity index is 1280. The number of fused-ring (bicyclic) bond motifs is 1. The molecule has 34 heavy (non-hydrogen) atoms. The number of nitrogens with one attached hydrogen (secondary N) is 1. The number of piperidine rings is 1. The number of nitrogens with zero attached hydrogens (tertiary/aromatic N) is 4. The van der Waals surface area contributed by atoms with Crippen LogP contribution < -0.4 is 15.6 Å². The minimum absolute atomic E-state index is 0.130. The van der Waals surface area contributed by atoms with Gasteiger partial charge in [-0.25, -0.2) is 4.98 Å². The minimum Gasteiger partial charge on any atom is -0.481 e. The molecule has 0 unspecified atom stereocenters. The van der Waals surface area contributed by atoms with E-state index in [9.17, 15) is 4.79 Å². The van der Waals surface area contributed by atoms with Gasteiger partial charge in [0.15, 0.2) is 5.65 Å². The lowest BCUT2D eigenvalue weighted by molar-refractivity contribution is 0.191. The average Bonchev–Trinajstić information content (AvgIpc) is 3.43. The summed E-state index contributed by atoms with van der Waals surface area (Å²) < 4.78 is 6.93. The van der Waals surface area contributed by atoms with Crippen molar-refractivity contribution in [1.29, 1.82) is 0 Å². The van der Waals surface area contributed by atoms with E-state index in [0.717, 1.165) is 39.0 Å². The van der Waals surface area contributed by atoms with Crippen LogP contribution in [0.2, 0.25) is 0 Å². The standard InChI is InChI=1S/C26H29N5O2S/c1-33-24-9-8-22-26(29-24)31(25(32)18-28-22)15-14-30-12-10-21(11-13-30)27-17-19-4-6-20(7-5-19)23-3-2-16-34-23/h2-9,16,18,21,27H,10-15,17H2,1H3. The molecular formula is C26H29N5O2S. The molecule has 1 fully saturated rings. The van der Waals surface area contributed by atoms with E-state index in [1.807, 2.05) is 6.07 Å². The zero-order valence-electron chi connectivity index (χ0n) is 19.3. The summed E-state index contributed by atoms with van der Waals surface area (Å²) in [4.78, 5) is 24.9. The van der Waals surface area contributed by atoms with E-state index in [1.54, 1.807) is 29.1 Å². The summed E-state index contributed by atoms with van der Waals surface area (Å²) in [7, 11) is 1.57. The predicted molar refractivity (Wildman–Crippen MR) is 136 cm³/mol. The largest absolute Gasteiger partial charge is 0.481 e. The van der Waals surface area contributed by atoms with Gasteiger partial charge in [0.25, 0.3) is 5.56 Å². The number of ether oxygens (including phenoxy) is 1. The summed E-state index contributed by atoms with van der Waals surface area (Å²) >= 11 is 1.77. The fraction of sp³-hybridized carbons (Fsp3) is 0.346. The highest BCUT2D eigenvalue weighted by Crippen LogP contribution is 2.24. The monoisotopic (exact) mass is 475 g/mol. The van der Waals surface area contributed by atoms with Crippen LogP contribution in [0.15, 0.2) is 64.9 Å². The molecule has 5 rings (SSSR count). The van der Waals surface area contributed by atoms with Crippen LogP contribution in [0.5, 0.6) is 5.88 Å². The smallest absolute Gasteiger partial charge is 0.270 e. The van der Waals surface area contributed by atoms with Gasteiger partial charge in [-0.2, -0.15) is 4.98 Å². The van der Waals surface area contributed by atoms with Crippen LogP contribution in [0.4, 0.5) is 0 Å². The summed E-state index contributed by atoms with van der Waals surface area (Å²) in [5, 5.41) is 5.83. The Morgan fingerprint density at radius 3 is 2.65 bits per heavy atom. The van der Waals surface area contributed by atoms with Gasteiger partial charge < -0.3 is 15.0 Å². The molecular weight excluding hydrogens is 446 g/mol. The fourth-order valence-electron chi connectivity index (χ4n) is 4.45. The highest BCUT2D eigenvalue weighted by Gasteiger charge is 2.19. The van der Waals surface area contributed by atoms with E-state index >= 15 is 0 Å². The molecule has 4 heterocycles. The summed E-state index contributed by atoms with van der Waals surface area (Å²) in [6.45, 7) is 4.33. The van der Waals surface area contributed by atoms with Crippen LogP contribution in [0.25, 0.3) is 21.6 Å². The second-order valence-corrected chi connectivity index (χ2v) is 9.56. The third-order valence-electron chi connectivity index (χ3n) is 6.46. The van der Waals surface area contributed by atoms with Gasteiger partial charge >= 0.3 is 0 Å². The molecule has 0 saturated carbocycles. The number of hydrogen-bond acceptors (Lipinski definition) is 7. The number of pyridine rings is 1. The summed E-state index contributed by atoms with van der Waals surface area (Å²) in [5.41, 5.74) is 3.74. The number of hydrogen-bond donors (Lipinski definition) is 1. The topological polar surface area (TPSA) is 72.3 Å². The first-order chi connectivity index (χ1) is 16.7. The van der Waals surface area contributed by atoms with Crippen LogP contribution in [0, 0.1) is 0 Å². The Morgan fingerprint density at radius 1 is 1.09 bits per heavy atom. The highest BCUT2D eigenvalue weighted by atomic mass is 32.1. The zero-order chi connectivity index (χ0) is 23.3. The highest BCUT2D eigenvalue weighted by molar-refractivity contribution is 7.13. The molecule has 0 amide bonds. The van der Waals surface area contributed by atoms with Crippen molar-refractivity contribution in [3.05, 3.63) is 76.0 Å². The number of aromatic nitrogens is 3. The average molecular weight is 476 g/mol. The molecule has 1 N–H and O–H groups in total. The third kappa shape index (κ3) is 5.19. The molecule has 0 spiro atoms. The van der Waals surface area contributed by atoms with E-state index in [1.165, 1.54) is 22.2 Å². The van der Waals surface area contributed by atoms with Crippen molar-refractivity contribution in [2.24, 2.45) is 0 Å². The van der Waals surface area contributed by atoms with E-state index in [2.05, 4.69) is 62.0 Å². The quantitative estimate of drug-likeness (QED) is 0.418. The molecule has 4 aromatic rings. The van der Waals surface area contributed by atoms with Crippen molar-refractivity contribution < 1.29 is 4.74 Å². The summed E-state index contributed by atoms with van der Waals surface area (Å²) in [6.07, 6.45) is 3.58. The van der Waals surface area contributed by atoms with Gasteiger partial charge in [0.2, 0.25) is 5.88 Å². The van der Waals surface area contributed by atoms with Crippen LogP contribution in [-0.4, -0.2) is 52.2 Å². The summed E-state index contributed by atoms with van der Waals surface area (Å²) in [6, 6.07) is 17.2. The second kappa shape index (κ2) is 10.5. The normalized spacial score (nSPS) is 15.1. The Labute approximate surface area is 203 Å². The van der Waals surface area contributed by atoms with Crippen LogP contribution in [0.1, 0.15) is 18.4 Å². The van der Waals surface area contributed by atoms with Gasteiger partial charge in [-0.3, -0.25) is 9.36 Å². The Hall–Kier alpha value is -3.07. The van der Waals surface area contributed by atoms with Crippen molar-refractivity contribution in [2.45, 2.75) is 32.0 Å². The first kappa shape index (κ1) is 22.7. The van der Waals surface area contributed by atoms with Crippen molar-refractivity contribution in [2.75, 3.05) is 26.7 Å². The van der Waals surface area contributed by atoms with Crippen molar-refractivity contribution in [3.8, 4) is 16.3 Å². The molecule has 8 heteroatoms. The van der Waals surface area contributed by atoms with Crippen LogP contribution in [0.3, 0.4) is 0 Å². The molecule has 7 nitrogen and oxygen atoms in total. The maximum absolute atomic E-state index is 12.5. The number of likely N-dealkylation sites (tertiary alicyclic amines) is 1. The second-order valence-electron chi connectivity index (χ2n) is 8.62. The predicted octanol–water partition coefficient (Wildman–Crippen LogP) is 3.78. The Balaban J connectivity index is 1.12. The van der Waals surface area contributed by atoms with Gasteiger partial charge in [0.05, 0.1) is 13.3 Å². The van der Waals surface area contributed by atoms with E-state index in [-0.39, 0.29) is 5.56 Å². The SMILES string of the molecule is COc1ccc2ncc(=O)n(CCN3CCC(NCc4ccc(-c5cccs5)cc4)CC3)c2n1. The maximum atomic E-state index is 12.5. The van der Waals surface area contributed by atoms with Crippen molar-refractivity contribution in [1.82, 2.24) is 24.8 Å². The number of methoxy groups -OCH3 is 1. The molecule has 0 aliphatic carbocycles. The first-order valence-corrected chi connectivity index (χ1v) is 12.6. The van der Waals surface area contributed by atoms with Gasteiger partial charge in [-0.15, -0.1) is 11.3 Å². The van der Waals surface area contributed by atoms with Crippen LogP contribution in [-0.2, 0) is 13.1 Å². The number of benzene rings is 1. The number of thiophene rings is 1. The molecule has 176 valence electrons. The first-order valence-electron chi connectivity index (χ1n) is 11.7. The minimum atomic E-state index is -0.130. The molecule has 1 saturated heterocycles. The Kier molecular flexibility index (Phi) is 6.99. The van der Waals surface area contributed by atoms with Crippen molar-refractivity contribution in [3.63, 3.8) is 0 Å². The third-order valence-corrected chi connectivity index (χ3v) is 7.37. The molecule has 1 aliphatic rings. The molecule has 0 bridgehead atoms. The van der Waals surface area contributed by atoms with Gasteiger partial charge in [0.1, 0.15) is 5.52 Å². The molecule has 1 aliphatic heterocycles. The molecule has 0 atom stereocenters. The van der Waals surface area contributed by atoms with Gasteiger partial charge in [-0.1, -0.05) is 30.3 Å². The fourth-order valence-corrected chi connectivity index (χ4v) is 5.18. The van der Waals surface area contributed by atoms with E-state index in [4.69, 9.17) is 4.74 Å². The lowest BCUT2D eigenvalue weighted by Gasteiger charge is -2.32. The van der Waals surface area contributed by atoms with Gasteiger partial charge in [0, 0.05) is 36.6 Å². The number of rotatable bonds is 8. The molecule has 1 aromatic carbocycles. The van der Waals surface area contributed by atoms with Crippen molar-refractivity contribution >= 4 is 22.5 Å². The summed E-state index contributed by atoms with van der Waals surface area (Å²) in [5.74, 6) is 0.488. The van der Waals surface area contributed by atoms with Gasteiger partial charge in [-0.05, 0) is 54.6 Å². The Morgan fingerprint density at radius 2 is 1.91 bits per heavy atom. The van der Waals surface area contributed by atoms with E-state index in [0.29, 0.717) is 29.6 Å². The maximum Gasteiger partial charge on any atom is 0.270 e. The zero-order valence-corrected chi connectivity index (χ0v) is 20.1.